The summed E-state index contributed by atoms with van der Waals surface area (Å²) >= 11 is 0. The van der Waals surface area contributed by atoms with E-state index in [4.69, 9.17) is 0 Å². The quantitative estimate of drug-likeness (QED) is 0.801. The van der Waals surface area contributed by atoms with E-state index in [-0.39, 0.29) is 0 Å². The molecule has 2 saturated heterocycles. The zero-order chi connectivity index (χ0) is 18.9. The van der Waals surface area contributed by atoms with E-state index in [9.17, 15) is 8.42 Å². The largest absolute Gasteiger partial charge is 0.303 e. The number of sulfonamides is 1. The highest BCUT2D eigenvalue weighted by atomic mass is 32.2. The van der Waals surface area contributed by atoms with Crippen LogP contribution in [-0.4, -0.2) is 50.3 Å². The van der Waals surface area contributed by atoms with Gasteiger partial charge in [-0.1, -0.05) is 24.6 Å². The molecule has 0 aromatic heterocycles. The molecule has 3 rings (SSSR count). The summed E-state index contributed by atoms with van der Waals surface area (Å²) < 4.78 is 28.1. The highest BCUT2D eigenvalue weighted by Gasteiger charge is 2.32. The molecule has 2 heterocycles. The van der Waals surface area contributed by atoms with Crippen LogP contribution in [0.15, 0.2) is 17.0 Å². The number of nitrogens with zero attached hydrogens (tertiary/aromatic N) is 2. The second-order valence-corrected chi connectivity index (χ2v) is 10.4. The molecule has 0 unspecified atom stereocenters. The van der Waals surface area contributed by atoms with Crippen LogP contribution in [0.3, 0.4) is 0 Å². The van der Waals surface area contributed by atoms with Gasteiger partial charge in [0.2, 0.25) is 10.0 Å². The molecular weight excluding hydrogens is 344 g/mol. The number of rotatable bonds is 4. The van der Waals surface area contributed by atoms with Crippen molar-refractivity contribution in [3.8, 4) is 0 Å². The monoisotopic (exact) mass is 378 g/mol. The lowest BCUT2D eigenvalue weighted by Crippen LogP contribution is -2.43. The maximum Gasteiger partial charge on any atom is 0.243 e. The maximum atomic E-state index is 13.2. The predicted octanol–water partition coefficient (Wildman–Crippen LogP) is 3.74. The van der Waals surface area contributed by atoms with Crippen molar-refractivity contribution in [1.82, 2.24) is 9.21 Å². The minimum atomic E-state index is -3.38. The van der Waals surface area contributed by atoms with E-state index in [1.165, 1.54) is 25.9 Å². The summed E-state index contributed by atoms with van der Waals surface area (Å²) in [5.41, 5.74) is 2.85. The van der Waals surface area contributed by atoms with Gasteiger partial charge >= 0.3 is 0 Å². The normalized spacial score (nSPS) is 22.0. The molecule has 0 radical (unpaired) electrons. The average Bonchev–Trinajstić information content (AvgIpc) is 2.56. The summed E-state index contributed by atoms with van der Waals surface area (Å²) in [4.78, 5) is 3.11. The van der Waals surface area contributed by atoms with Gasteiger partial charge in [-0.2, -0.15) is 4.31 Å². The summed E-state index contributed by atoms with van der Waals surface area (Å²) in [6, 6.07) is 3.95. The third kappa shape index (κ3) is 4.32. The van der Waals surface area contributed by atoms with Crippen molar-refractivity contribution in [2.45, 2.75) is 58.3 Å². The highest BCUT2D eigenvalue weighted by Crippen LogP contribution is 2.29. The summed E-state index contributed by atoms with van der Waals surface area (Å²) in [5.74, 6) is 1.49. The number of aryl methyl sites for hydroxylation is 3. The fourth-order valence-corrected chi connectivity index (χ4v) is 6.53. The molecule has 0 atom stereocenters. The Morgan fingerprint density at radius 1 is 0.923 bits per heavy atom. The van der Waals surface area contributed by atoms with E-state index in [0.717, 1.165) is 42.0 Å². The maximum absolute atomic E-state index is 13.2. The first-order chi connectivity index (χ1) is 12.3. The number of hydrogen-bond donors (Lipinski definition) is 0. The van der Waals surface area contributed by atoms with Gasteiger partial charge in [0.15, 0.2) is 0 Å². The van der Waals surface area contributed by atoms with E-state index in [2.05, 4.69) is 11.8 Å². The Hall–Kier alpha value is -0.910. The predicted molar refractivity (Wildman–Crippen MR) is 107 cm³/mol. The van der Waals surface area contributed by atoms with Crippen LogP contribution in [0.5, 0.6) is 0 Å². The molecule has 2 fully saturated rings. The summed E-state index contributed by atoms with van der Waals surface area (Å²) in [7, 11) is -3.38. The molecular formula is C21H34N2O2S. The first-order valence-corrected chi connectivity index (χ1v) is 11.5. The van der Waals surface area contributed by atoms with Gasteiger partial charge in [-0.3, -0.25) is 0 Å². The third-order valence-electron chi connectivity index (χ3n) is 6.17. The molecule has 0 saturated carbocycles. The standard InChI is InChI=1S/C21H34N2O2S/c1-16-5-9-22(10-6-16)15-20-7-11-23(12-8-20)26(24,25)21-18(3)13-17(2)14-19(21)4/h13-14,16,20H,5-12,15H2,1-4H3. The lowest BCUT2D eigenvalue weighted by Gasteiger charge is -2.37. The lowest BCUT2D eigenvalue weighted by atomic mass is 9.94. The Bertz CT molecular complexity index is 705. The van der Waals surface area contributed by atoms with Gasteiger partial charge in [-0.15, -0.1) is 0 Å². The van der Waals surface area contributed by atoms with E-state index in [0.29, 0.717) is 23.9 Å². The zero-order valence-electron chi connectivity index (χ0n) is 16.8. The first kappa shape index (κ1) is 19.8. The Morgan fingerprint density at radius 2 is 1.46 bits per heavy atom. The van der Waals surface area contributed by atoms with Crippen LogP contribution < -0.4 is 0 Å². The molecule has 1 aromatic carbocycles. The molecule has 2 aliphatic heterocycles. The fraction of sp³-hybridized carbons (Fsp3) is 0.714. The molecule has 0 amide bonds. The number of benzene rings is 1. The van der Waals surface area contributed by atoms with Crippen LogP contribution in [0.1, 0.15) is 49.3 Å². The molecule has 2 aliphatic rings. The first-order valence-electron chi connectivity index (χ1n) is 10.1. The van der Waals surface area contributed by atoms with Crippen molar-refractivity contribution >= 4 is 10.0 Å². The number of likely N-dealkylation sites (tertiary alicyclic amines) is 1. The third-order valence-corrected chi connectivity index (χ3v) is 8.37. The van der Waals surface area contributed by atoms with Crippen LogP contribution in [0.2, 0.25) is 0 Å². The minimum absolute atomic E-state index is 0.520. The van der Waals surface area contributed by atoms with Gasteiger partial charge in [-0.25, -0.2) is 8.42 Å². The van der Waals surface area contributed by atoms with Crippen LogP contribution >= 0.6 is 0 Å². The molecule has 5 heteroatoms. The van der Waals surface area contributed by atoms with Gasteiger partial charge in [-0.05, 0) is 82.5 Å². The van der Waals surface area contributed by atoms with Gasteiger partial charge in [0.25, 0.3) is 0 Å². The SMILES string of the molecule is Cc1cc(C)c(S(=O)(=O)N2CCC(CN3CCC(C)CC3)CC2)c(C)c1. The Labute approximate surface area is 159 Å². The highest BCUT2D eigenvalue weighted by molar-refractivity contribution is 7.89. The molecule has 1 aromatic rings. The Balaban J connectivity index is 1.62. The lowest BCUT2D eigenvalue weighted by molar-refractivity contribution is 0.142. The van der Waals surface area contributed by atoms with Gasteiger partial charge in [0.05, 0.1) is 4.90 Å². The topological polar surface area (TPSA) is 40.6 Å². The Morgan fingerprint density at radius 3 is 2.00 bits per heavy atom. The van der Waals surface area contributed by atoms with Crippen LogP contribution in [0, 0.1) is 32.6 Å². The van der Waals surface area contributed by atoms with Crippen LogP contribution in [-0.2, 0) is 10.0 Å². The van der Waals surface area contributed by atoms with Crippen molar-refractivity contribution in [2.75, 3.05) is 32.7 Å². The second kappa shape index (κ2) is 7.99. The Kier molecular flexibility index (Phi) is 6.10. The molecule has 0 aliphatic carbocycles. The summed E-state index contributed by atoms with van der Waals surface area (Å²) in [6.07, 6.45) is 4.57. The number of hydrogen-bond acceptors (Lipinski definition) is 3. The van der Waals surface area contributed by atoms with Gasteiger partial charge in [0, 0.05) is 19.6 Å². The molecule has 0 spiro atoms. The summed E-state index contributed by atoms with van der Waals surface area (Å²) in [5, 5.41) is 0. The van der Waals surface area contributed by atoms with Crippen LogP contribution in [0.25, 0.3) is 0 Å². The minimum Gasteiger partial charge on any atom is -0.303 e. The zero-order valence-corrected chi connectivity index (χ0v) is 17.6. The van der Waals surface area contributed by atoms with Gasteiger partial charge in [0.1, 0.15) is 0 Å². The van der Waals surface area contributed by atoms with Crippen molar-refractivity contribution in [3.63, 3.8) is 0 Å². The van der Waals surface area contributed by atoms with Crippen molar-refractivity contribution in [2.24, 2.45) is 11.8 Å². The molecule has 0 N–H and O–H groups in total. The van der Waals surface area contributed by atoms with E-state index >= 15 is 0 Å². The van der Waals surface area contributed by atoms with Crippen molar-refractivity contribution < 1.29 is 8.42 Å². The fourth-order valence-electron chi connectivity index (χ4n) is 4.64. The average molecular weight is 379 g/mol. The number of piperidine rings is 2. The van der Waals surface area contributed by atoms with Gasteiger partial charge < -0.3 is 4.90 Å². The molecule has 4 nitrogen and oxygen atoms in total. The molecule has 0 bridgehead atoms. The molecule has 146 valence electrons. The second-order valence-electron chi connectivity index (χ2n) is 8.56. The molecule has 26 heavy (non-hydrogen) atoms. The summed E-state index contributed by atoms with van der Waals surface area (Å²) in [6.45, 7) is 13.1. The van der Waals surface area contributed by atoms with E-state index in [1.807, 2.05) is 32.9 Å². The van der Waals surface area contributed by atoms with E-state index < -0.39 is 10.0 Å². The van der Waals surface area contributed by atoms with Crippen LogP contribution in [0.4, 0.5) is 0 Å². The van der Waals surface area contributed by atoms with E-state index in [1.54, 1.807) is 4.31 Å². The van der Waals surface area contributed by atoms with Crippen molar-refractivity contribution in [3.05, 3.63) is 28.8 Å². The smallest absolute Gasteiger partial charge is 0.243 e. The van der Waals surface area contributed by atoms with Crippen molar-refractivity contribution in [1.29, 1.82) is 0 Å².